The Morgan fingerprint density at radius 3 is 2.40 bits per heavy atom. The summed E-state index contributed by atoms with van der Waals surface area (Å²) in [4.78, 5) is 36.3. The topological polar surface area (TPSA) is 109 Å². The minimum atomic E-state index is -0.939. The molecule has 0 aliphatic heterocycles. The van der Waals surface area contributed by atoms with Gasteiger partial charge in [-0.2, -0.15) is 5.10 Å². The van der Waals surface area contributed by atoms with Crippen LogP contribution in [-0.2, 0) is 27.3 Å². The second-order valence-electron chi connectivity index (χ2n) is 7.44. The highest BCUT2D eigenvalue weighted by atomic mass is 35.5. The summed E-state index contributed by atoms with van der Waals surface area (Å²) in [6.45, 7) is 2.19. The average molecular weight is 493 g/mol. The molecule has 8 nitrogen and oxygen atoms in total. The number of carbonyl (C=O) groups is 3. The van der Waals surface area contributed by atoms with Gasteiger partial charge in [-0.25, -0.2) is 5.43 Å². The molecule has 3 aromatic carbocycles. The van der Waals surface area contributed by atoms with Crippen LogP contribution < -0.4 is 20.8 Å². The number of anilines is 1. The van der Waals surface area contributed by atoms with Crippen LogP contribution in [0.5, 0.6) is 5.75 Å². The molecule has 0 saturated heterocycles. The molecule has 0 unspecified atom stereocenters. The molecule has 180 valence electrons. The number of aryl methyl sites for hydroxylation is 1. The number of nitrogens with zero attached hydrogens (tertiary/aromatic N) is 1. The van der Waals surface area contributed by atoms with Crippen molar-refractivity contribution in [3.05, 3.63) is 94.5 Å². The first-order valence-corrected chi connectivity index (χ1v) is 11.3. The van der Waals surface area contributed by atoms with E-state index >= 15 is 0 Å². The van der Waals surface area contributed by atoms with Gasteiger partial charge >= 0.3 is 11.8 Å². The maximum absolute atomic E-state index is 12.1. The van der Waals surface area contributed by atoms with Gasteiger partial charge in [0.2, 0.25) is 0 Å². The van der Waals surface area contributed by atoms with E-state index in [-0.39, 0.29) is 12.5 Å². The largest absolute Gasteiger partial charge is 0.483 e. The van der Waals surface area contributed by atoms with Crippen molar-refractivity contribution in [3.63, 3.8) is 0 Å². The van der Waals surface area contributed by atoms with Crippen LogP contribution in [-0.4, -0.2) is 30.5 Å². The van der Waals surface area contributed by atoms with Gasteiger partial charge < -0.3 is 15.4 Å². The maximum atomic E-state index is 12.1. The van der Waals surface area contributed by atoms with Crippen molar-refractivity contribution >= 4 is 41.2 Å². The lowest BCUT2D eigenvalue weighted by atomic mass is 10.1. The molecule has 0 aliphatic rings. The number of nitrogens with one attached hydrogen (secondary N) is 3. The lowest BCUT2D eigenvalue weighted by molar-refractivity contribution is -0.136. The summed E-state index contributed by atoms with van der Waals surface area (Å²) < 4.78 is 5.59. The Hall–Kier alpha value is -4.17. The predicted molar refractivity (Wildman–Crippen MR) is 135 cm³/mol. The minimum absolute atomic E-state index is 0.221. The van der Waals surface area contributed by atoms with E-state index in [4.69, 9.17) is 16.3 Å². The minimum Gasteiger partial charge on any atom is -0.483 e. The molecule has 0 radical (unpaired) electrons. The van der Waals surface area contributed by atoms with Gasteiger partial charge in [0.05, 0.1) is 6.21 Å². The van der Waals surface area contributed by atoms with Gasteiger partial charge in [0.25, 0.3) is 5.91 Å². The van der Waals surface area contributed by atoms with Crippen LogP contribution in [0, 0.1) is 0 Å². The van der Waals surface area contributed by atoms with E-state index in [1.54, 1.807) is 30.3 Å². The highest BCUT2D eigenvalue weighted by Crippen LogP contribution is 2.21. The molecule has 0 heterocycles. The van der Waals surface area contributed by atoms with Gasteiger partial charge in [-0.05, 0) is 47.9 Å². The maximum Gasteiger partial charge on any atom is 0.329 e. The number of ether oxygens (including phenoxy) is 1. The third-order valence-electron chi connectivity index (χ3n) is 4.86. The molecule has 9 heteroatoms. The SMILES string of the molecule is CCc1ccc(NC(=O)C(=O)N/N=C\c2cc(Cl)ccc2OCC(=O)NCc2ccccc2)cc1. The third-order valence-corrected chi connectivity index (χ3v) is 5.09. The van der Waals surface area contributed by atoms with Crippen molar-refractivity contribution in [3.8, 4) is 5.75 Å². The smallest absolute Gasteiger partial charge is 0.329 e. The quantitative estimate of drug-likeness (QED) is 0.240. The van der Waals surface area contributed by atoms with Crippen LogP contribution >= 0.6 is 11.6 Å². The molecule has 0 atom stereocenters. The molecule has 0 saturated carbocycles. The lowest BCUT2D eigenvalue weighted by Gasteiger charge is -2.10. The number of carbonyl (C=O) groups excluding carboxylic acids is 3. The van der Waals surface area contributed by atoms with Crippen LogP contribution in [0.25, 0.3) is 0 Å². The zero-order valence-electron chi connectivity index (χ0n) is 19.1. The summed E-state index contributed by atoms with van der Waals surface area (Å²) in [5.41, 5.74) is 5.17. The molecule has 0 bridgehead atoms. The van der Waals surface area contributed by atoms with Gasteiger partial charge in [-0.3, -0.25) is 14.4 Å². The van der Waals surface area contributed by atoms with Crippen molar-refractivity contribution in [1.29, 1.82) is 0 Å². The fourth-order valence-electron chi connectivity index (χ4n) is 2.97. The first-order chi connectivity index (χ1) is 16.9. The predicted octanol–water partition coefficient (Wildman–Crippen LogP) is 3.69. The second-order valence-corrected chi connectivity index (χ2v) is 7.87. The highest BCUT2D eigenvalue weighted by molar-refractivity contribution is 6.39. The molecule has 0 aliphatic carbocycles. The molecule has 0 spiro atoms. The lowest BCUT2D eigenvalue weighted by Crippen LogP contribution is -2.32. The Kier molecular flexibility index (Phi) is 9.39. The Morgan fingerprint density at radius 2 is 1.69 bits per heavy atom. The molecule has 3 amide bonds. The first-order valence-electron chi connectivity index (χ1n) is 10.9. The van der Waals surface area contributed by atoms with E-state index in [2.05, 4.69) is 21.2 Å². The number of hydrogen-bond donors (Lipinski definition) is 3. The van der Waals surface area contributed by atoms with Crippen molar-refractivity contribution in [2.24, 2.45) is 5.10 Å². The van der Waals surface area contributed by atoms with Crippen molar-refractivity contribution in [2.75, 3.05) is 11.9 Å². The normalized spacial score (nSPS) is 10.6. The summed E-state index contributed by atoms with van der Waals surface area (Å²) in [6, 6.07) is 21.4. The molecule has 35 heavy (non-hydrogen) atoms. The molecule has 0 fully saturated rings. The number of benzene rings is 3. The zero-order valence-corrected chi connectivity index (χ0v) is 19.8. The first kappa shape index (κ1) is 25.5. The monoisotopic (exact) mass is 492 g/mol. The molecular formula is C26H25ClN4O4. The highest BCUT2D eigenvalue weighted by Gasteiger charge is 2.13. The summed E-state index contributed by atoms with van der Waals surface area (Å²) in [5, 5.41) is 9.50. The standard InChI is InChI=1S/C26H25ClN4O4/c1-2-18-8-11-22(12-9-18)30-25(33)26(34)31-29-16-20-14-21(27)10-13-23(20)35-17-24(32)28-15-19-6-4-3-5-7-19/h3-14,16H,2,15,17H2,1H3,(H,28,32)(H,30,33)(H,31,34)/b29-16-. The fraction of sp³-hybridized carbons (Fsp3) is 0.154. The number of amides is 3. The van der Waals surface area contributed by atoms with Crippen molar-refractivity contribution < 1.29 is 19.1 Å². The van der Waals surface area contributed by atoms with Crippen LogP contribution in [0.1, 0.15) is 23.6 Å². The van der Waals surface area contributed by atoms with E-state index in [0.717, 1.165) is 17.5 Å². The van der Waals surface area contributed by atoms with E-state index in [0.29, 0.717) is 28.6 Å². The van der Waals surface area contributed by atoms with Crippen LogP contribution in [0.4, 0.5) is 5.69 Å². The summed E-state index contributed by atoms with van der Waals surface area (Å²) >= 11 is 6.05. The van der Waals surface area contributed by atoms with E-state index < -0.39 is 11.8 Å². The van der Waals surface area contributed by atoms with Crippen molar-refractivity contribution in [1.82, 2.24) is 10.7 Å². The zero-order chi connectivity index (χ0) is 25.0. The van der Waals surface area contributed by atoms with Crippen LogP contribution in [0.15, 0.2) is 77.9 Å². The molecule has 3 rings (SSSR count). The summed E-state index contributed by atoms with van der Waals surface area (Å²) in [7, 11) is 0. The van der Waals surface area contributed by atoms with Gasteiger partial charge in [-0.1, -0.05) is 61.0 Å². The van der Waals surface area contributed by atoms with E-state index in [1.807, 2.05) is 49.4 Å². The van der Waals surface area contributed by atoms with Gasteiger partial charge in [0.1, 0.15) is 5.75 Å². The number of hydrazone groups is 1. The van der Waals surface area contributed by atoms with Gasteiger partial charge in [-0.15, -0.1) is 0 Å². The van der Waals surface area contributed by atoms with E-state index in [9.17, 15) is 14.4 Å². The van der Waals surface area contributed by atoms with Crippen molar-refractivity contribution in [2.45, 2.75) is 19.9 Å². The number of hydrogen-bond acceptors (Lipinski definition) is 5. The molecular weight excluding hydrogens is 468 g/mol. The Balaban J connectivity index is 1.52. The number of rotatable bonds is 9. The molecule has 0 aromatic heterocycles. The summed E-state index contributed by atoms with van der Waals surface area (Å²) in [6.07, 6.45) is 2.15. The average Bonchev–Trinajstić information content (AvgIpc) is 2.88. The van der Waals surface area contributed by atoms with Crippen LogP contribution in [0.3, 0.4) is 0 Å². The number of halogens is 1. The second kappa shape index (κ2) is 12.9. The Labute approximate surface area is 208 Å². The van der Waals surface area contributed by atoms with Crippen LogP contribution in [0.2, 0.25) is 5.02 Å². The summed E-state index contributed by atoms with van der Waals surface area (Å²) in [5.74, 6) is -1.76. The molecule has 3 aromatic rings. The third kappa shape index (κ3) is 8.28. The van der Waals surface area contributed by atoms with Gasteiger partial charge in [0.15, 0.2) is 6.61 Å². The van der Waals surface area contributed by atoms with Gasteiger partial charge in [0, 0.05) is 22.8 Å². The Morgan fingerprint density at radius 1 is 0.943 bits per heavy atom. The van der Waals surface area contributed by atoms with E-state index in [1.165, 1.54) is 6.21 Å². The Bertz CT molecular complexity index is 1200. The fourth-order valence-corrected chi connectivity index (χ4v) is 3.15. The molecule has 3 N–H and O–H groups in total.